The van der Waals surface area contributed by atoms with Gasteiger partial charge < -0.3 is 4.52 Å². The largest absolute Gasteiger partial charge is 0.333 e. The van der Waals surface area contributed by atoms with Gasteiger partial charge >= 0.3 is 0 Å². The van der Waals surface area contributed by atoms with Crippen LogP contribution in [0.1, 0.15) is 0 Å². The van der Waals surface area contributed by atoms with Crippen molar-refractivity contribution in [1.29, 1.82) is 0 Å². The van der Waals surface area contributed by atoms with Gasteiger partial charge in [-0.25, -0.2) is 0 Å². The van der Waals surface area contributed by atoms with Gasteiger partial charge in [0.1, 0.15) is 0 Å². The van der Waals surface area contributed by atoms with Crippen LogP contribution >= 0.6 is 11.3 Å². The third-order valence-electron chi connectivity index (χ3n) is 2.49. The quantitative estimate of drug-likeness (QED) is 0.539. The highest BCUT2D eigenvalue weighted by molar-refractivity contribution is 7.13. The van der Waals surface area contributed by atoms with Gasteiger partial charge in [-0.1, -0.05) is 11.2 Å². The SMILES string of the molecule is O=[N+]([O-])c1ccc(-c2noc(-c3cccs3)n2)cc1. The molecule has 0 unspecified atom stereocenters. The zero-order valence-corrected chi connectivity index (χ0v) is 10.3. The second-order valence-corrected chi connectivity index (χ2v) is 4.65. The molecule has 6 nitrogen and oxygen atoms in total. The molecule has 94 valence electrons. The molecule has 0 atom stereocenters. The topological polar surface area (TPSA) is 82.1 Å². The second kappa shape index (κ2) is 4.62. The molecule has 0 spiro atoms. The molecule has 0 N–H and O–H groups in total. The number of nitro groups is 1. The number of aromatic nitrogens is 2. The van der Waals surface area contributed by atoms with Crippen molar-refractivity contribution in [2.45, 2.75) is 0 Å². The summed E-state index contributed by atoms with van der Waals surface area (Å²) in [7, 11) is 0. The zero-order chi connectivity index (χ0) is 13.2. The van der Waals surface area contributed by atoms with Crippen LogP contribution in [0.2, 0.25) is 0 Å². The minimum Gasteiger partial charge on any atom is -0.333 e. The molecule has 0 saturated heterocycles. The molecule has 0 bridgehead atoms. The Labute approximate surface area is 111 Å². The molecule has 3 rings (SSSR count). The number of thiophene rings is 1. The average Bonchev–Trinajstić information content (AvgIpc) is 3.10. The van der Waals surface area contributed by atoms with Crippen LogP contribution in [0.3, 0.4) is 0 Å². The molecule has 7 heteroatoms. The third-order valence-corrected chi connectivity index (χ3v) is 3.35. The van der Waals surface area contributed by atoms with Crippen molar-refractivity contribution in [2.24, 2.45) is 0 Å². The number of benzene rings is 1. The summed E-state index contributed by atoms with van der Waals surface area (Å²) in [5.41, 5.74) is 0.711. The highest BCUT2D eigenvalue weighted by Gasteiger charge is 2.12. The lowest BCUT2D eigenvalue weighted by Gasteiger charge is -1.93. The summed E-state index contributed by atoms with van der Waals surface area (Å²) in [5.74, 6) is 0.863. The number of nitro benzene ring substituents is 1. The number of hydrogen-bond donors (Lipinski definition) is 0. The van der Waals surface area contributed by atoms with Crippen molar-refractivity contribution >= 4 is 17.0 Å². The summed E-state index contributed by atoms with van der Waals surface area (Å²) in [6.07, 6.45) is 0. The normalized spacial score (nSPS) is 10.5. The fourth-order valence-corrected chi connectivity index (χ4v) is 2.22. The van der Waals surface area contributed by atoms with E-state index in [9.17, 15) is 10.1 Å². The predicted octanol–water partition coefficient (Wildman–Crippen LogP) is 3.37. The van der Waals surface area contributed by atoms with Crippen molar-refractivity contribution in [3.05, 3.63) is 51.9 Å². The van der Waals surface area contributed by atoms with Gasteiger partial charge in [-0.15, -0.1) is 11.3 Å². The smallest absolute Gasteiger partial charge is 0.269 e. The molecular formula is C12H7N3O3S. The molecule has 0 fully saturated rings. The predicted molar refractivity (Wildman–Crippen MR) is 69.7 cm³/mol. The number of non-ortho nitro benzene ring substituents is 1. The fourth-order valence-electron chi connectivity index (χ4n) is 1.57. The van der Waals surface area contributed by atoms with E-state index in [1.165, 1.54) is 23.5 Å². The Morgan fingerprint density at radius 1 is 1.21 bits per heavy atom. The van der Waals surface area contributed by atoms with Crippen LogP contribution in [0.25, 0.3) is 22.2 Å². The molecule has 2 heterocycles. The minimum absolute atomic E-state index is 0.0331. The maximum Gasteiger partial charge on any atom is 0.269 e. The van der Waals surface area contributed by atoms with E-state index in [2.05, 4.69) is 10.1 Å². The Hall–Kier alpha value is -2.54. The molecule has 0 aliphatic carbocycles. The summed E-state index contributed by atoms with van der Waals surface area (Å²) in [5, 5.41) is 16.4. The maximum absolute atomic E-state index is 10.6. The van der Waals surface area contributed by atoms with Gasteiger partial charge in [0.15, 0.2) is 0 Å². The molecular weight excluding hydrogens is 266 g/mol. The van der Waals surface area contributed by atoms with Crippen LogP contribution in [0.5, 0.6) is 0 Å². The van der Waals surface area contributed by atoms with Crippen LogP contribution in [0.15, 0.2) is 46.3 Å². The highest BCUT2D eigenvalue weighted by Crippen LogP contribution is 2.26. The van der Waals surface area contributed by atoms with Crippen molar-refractivity contribution in [3.63, 3.8) is 0 Å². The van der Waals surface area contributed by atoms with Crippen LogP contribution in [-0.4, -0.2) is 15.1 Å². The summed E-state index contributed by atoms with van der Waals surface area (Å²) in [6.45, 7) is 0. The van der Waals surface area contributed by atoms with E-state index in [-0.39, 0.29) is 5.69 Å². The monoisotopic (exact) mass is 273 g/mol. The first kappa shape index (κ1) is 11.5. The number of nitrogens with zero attached hydrogens (tertiary/aromatic N) is 3. The van der Waals surface area contributed by atoms with E-state index >= 15 is 0 Å². The minimum atomic E-state index is -0.447. The lowest BCUT2D eigenvalue weighted by atomic mass is 10.2. The molecule has 19 heavy (non-hydrogen) atoms. The van der Waals surface area contributed by atoms with Crippen molar-refractivity contribution in [3.8, 4) is 22.2 Å². The molecule has 0 aliphatic heterocycles. The Morgan fingerprint density at radius 3 is 2.63 bits per heavy atom. The van der Waals surface area contributed by atoms with E-state index < -0.39 is 4.92 Å². The van der Waals surface area contributed by atoms with E-state index in [1.807, 2.05) is 17.5 Å². The summed E-state index contributed by atoms with van der Waals surface area (Å²) < 4.78 is 5.16. The summed E-state index contributed by atoms with van der Waals surface area (Å²) in [4.78, 5) is 15.3. The van der Waals surface area contributed by atoms with Crippen molar-refractivity contribution in [1.82, 2.24) is 10.1 Å². The number of rotatable bonds is 3. The first-order chi connectivity index (χ1) is 9.24. The average molecular weight is 273 g/mol. The van der Waals surface area contributed by atoms with Crippen LogP contribution in [-0.2, 0) is 0 Å². The first-order valence-corrected chi connectivity index (χ1v) is 6.24. The van der Waals surface area contributed by atoms with Crippen molar-refractivity contribution in [2.75, 3.05) is 0 Å². The standard InChI is InChI=1S/C12H7N3O3S/c16-15(17)9-5-3-8(4-6-9)11-13-12(18-14-11)10-2-1-7-19-10/h1-7H. The molecule has 0 amide bonds. The van der Waals surface area contributed by atoms with Gasteiger partial charge in [0.25, 0.3) is 11.6 Å². The van der Waals surface area contributed by atoms with Crippen molar-refractivity contribution < 1.29 is 9.45 Å². The molecule has 1 aromatic carbocycles. The van der Waals surface area contributed by atoms with Gasteiger partial charge in [0, 0.05) is 17.7 Å². The van der Waals surface area contributed by atoms with Gasteiger partial charge in [0.05, 0.1) is 9.80 Å². The lowest BCUT2D eigenvalue weighted by Crippen LogP contribution is -1.87. The van der Waals surface area contributed by atoms with Gasteiger partial charge in [-0.05, 0) is 23.6 Å². The maximum atomic E-state index is 10.6. The highest BCUT2D eigenvalue weighted by atomic mass is 32.1. The lowest BCUT2D eigenvalue weighted by molar-refractivity contribution is -0.384. The first-order valence-electron chi connectivity index (χ1n) is 5.36. The molecule has 0 saturated carbocycles. The molecule has 2 aromatic heterocycles. The summed E-state index contributed by atoms with van der Waals surface area (Å²) in [6, 6.07) is 9.81. The Bertz CT molecular complexity index is 704. The Balaban J connectivity index is 1.92. The fraction of sp³-hybridized carbons (Fsp3) is 0. The van der Waals surface area contributed by atoms with E-state index in [1.54, 1.807) is 12.1 Å². The Morgan fingerprint density at radius 2 is 2.00 bits per heavy atom. The summed E-state index contributed by atoms with van der Waals surface area (Å²) >= 11 is 1.51. The zero-order valence-electron chi connectivity index (χ0n) is 9.52. The van der Waals surface area contributed by atoms with Gasteiger partial charge in [-0.2, -0.15) is 4.98 Å². The number of hydrogen-bond acceptors (Lipinski definition) is 6. The van der Waals surface area contributed by atoms with E-state index in [4.69, 9.17) is 4.52 Å². The second-order valence-electron chi connectivity index (χ2n) is 3.70. The van der Waals surface area contributed by atoms with Crippen LogP contribution < -0.4 is 0 Å². The van der Waals surface area contributed by atoms with Crippen LogP contribution in [0, 0.1) is 10.1 Å². The van der Waals surface area contributed by atoms with Gasteiger partial charge in [-0.3, -0.25) is 10.1 Å². The van der Waals surface area contributed by atoms with Gasteiger partial charge in [0.2, 0.25) is 5.82 Å². The molecule has 3 aromatic rings. The Kier molecular flexibility index (Phi) is 2.81. The van der Waals surface area contributed by atoms with E-state index in [0.29, 0.717) is 17.3 Å². The van der Waals surface area contributed by atoms with Crippen LogP contribution in [0.4, 0.5) is 5.69 Å². The molecule has 0 radical (unpaired) electrons. The van der Waals surface area contributed by atoms with E-state index in [0.717, 1.165) is 4.88 Å². The third kappa shape index (κ3) is 2.23. The molecule has 0 aliphatic rings.